The summed E-state index contributed by atoms with van der Waals surface area (Å²) in [5, 5.41) is 3.67. The molecular weight excluding hydrogens is 465 g/mol. The molecule has 0 saturated heterocycles. The molecule has 1 heterocycles. The van der Waals surface area contributed by atoms with Crippen molar-refractivity contribution in [3.8, 4) is 16.9 Å². The van der Waals surface area contributed by atoms with E-state index in [9.17, 15) is 18.0 Å². The van der Waals surface area contributed by atoms with Crippen LogP contribution in [0.4, 0.5) is 13.2 Å². The molecule has 0 N–H and O–H groups in total. The Morgan fingerprint density at radius 3 is 2.08 bits per heavy atom. The lowest BCUT2D eigenvalue weighted by Crippen LogP contribution is -2.07. The molecule has 0 spiro atoms. The monoisotopic (exact) mass is 484 g/mol. The average Bonchev–Trinajstić information content (AvgIpc) is 3.22. The molecule has 0 aromatic heterocycles. The van der Waals surface area contributed by atoms with Crippen LogP contribution in [-0.2, 0) is 10.9 Å². The number of cyclic esters (lactones) is 1. The second-order valence-electron chi connectivity index (χ2n) is 8.70. The van der Waals surface area contributed by atoms with Gasteiger partial charge in [-0.15, -0.1) is 0 Å². The zero-order valence-electron chi connectivity index (χ0n) is 19.1. The predicted octanol–water partition coefficient (Wildman–Crippen LogP) is 7.95. The molecule has 0 unspecified atom stereocenters. The second kappa shape index (κ2) is 8.12. The minimum atomic E-state index is -4.46. The molecule has 0 saturated carbocycles. The maximum absolute atomic E-state index is 13.2. The molecule has 1 aliphatic heterocycles. The van der Waals surface area contributed by atoms with Crippen LogP contribution < -0.4 is 4.74 Å². The molecule has 178 valence electrons. The number of carbonyl (C=O) groups excluding carboxylic acids is 1. The number of rotatable bonds is 3. The molecule has 0 fully saturated rings. The van der Waals surface area contributed by atoms with Crippen molar-refractivity contribution in [2.45, 2.75) is 12.3 Å². The number of benzene rings is 5. The van der Waals surface area contributed by atoms with Gasteiger partial charge < -0.3 is 9.47 Å². The zero-order chi connectivity index (χ0) is 25.0. The van der Waals surface area contributed by atoms with Crippen molar-refractivity contribution in [2.75, 3.05) is 7.11 Å². The van der Waals surface area contributed by atoms with Crippen LogP contribution in [-0.4, -0.2) is 13.1 Å². The van der Waals surface area contributed by atoms with Crippen molar-refractivity contribution in [3.05, 3.63) is 113 Å². The highest BCUT2D eigenvalue weighted by Crippen LogP contribution is 2.50. The Bertz CT molecular complexity index is 1650. The van der Waals surface area contributed by atoms with Gasteiger partial charge in [0.2, 0.25) is 0 Å². The number of halogens is 3. The Morgan fingerprint density at radius 2 is 1.42 bits per heavy atom. The number of fused-ring (bicyclic) bond motifs is 3. The molecule has 5 aromatic rings. The van der Waals surface area contributed by atoms with E-state index in [1.165, 1.54) is 12.1 Å². The molecule has 6 rings (SSSR count). The van der Waals surface area contributed by atoms with Crippen LogP contribution in [0.15, 0.2) is 91.0 Å². The van der Waals surface area contributed by atoms with Crippen LogP contribution in [0.3, 0.4) is 0 Å². The van der Waals surface area contributed by atoms with E-state index in [4.69, 9.17) is 9.47 Å². The Hall–Kier alpha value is -4.32. The maximum Gasteiger partial charge on any atom is 0.416 e. The number of hydrogen-bond donors (Lipinski definition) is 0. The van der Waals surface area contributed by atoms with Crippen LogP contribution in [0.1, 0.15) is 33.2 Å². The zero-order valence-corrected chi connectivity index (χ0v) is 19.1. The fourth-order valence-electron chi connectivity index (χ4n) is 5.06. The molecule has 5 aromatic carbocycles. The molecule has 0 aliphatic carbocycles. The van der Waals surface area contributed by atoms with E-state index in [1.807, 2.05) is 60.7 Å². The summed E-state index contributed by atoms with van der Waals surface area (Å²) >= 11 is 0. The summed E-state index contributed by atoms with van der Waals surface area (Å²) in [5.41, 5.74) is 2.29. The minimum Gasteiger partial charge on any atom is -0.496 e. The third kappa shape index (κ3) is 3.40. The van der Waals surface area contributed by atoms with Crippen LogP contribution in [0.2, 0.25) is 0 Å². The van der Waals surface area contributed by atoms with Crippen molar-refractivity contribution in [1.82, 2.24) is 0 Å². The minimum absolute atomic E-state index is 0.392. The molecule has 6 heteroatoms. The van der Waals surface area contributed by atoms with Gasteiger partial charge in [-0.3, -0.25) is 0 Å². The average molecular weight is 484 g/mol. The fraction of sp³-hybridized carbons (Fsp3) is 0.100. The quantitative estimate of drug-likeness (QED) is 0.244. The molecular formula is C30H19F3O3. The Balaban J connectivity index is 1.70. The highest BCUT2D eigenvalue weighted by Gasteiger charge is 2.38. The summed E-state index contributed by atoms with van der Waals surface area (Å²) in [6.45, 7) is 0. The first kappa shape index (κ1) is 22.2. The SMILES string of the molecule is COc1ccc2ccccc2c1-c1c2c(cc3ccccc13)C(=O)O[C@@H]2c1ccc(C(F)(F)F)cc1. The van der Waals surface area contributed by atoms with Gasteiger partial charge in [0.05, 0.1) is 18.2 Å². The van der Waals surface area contributed by atoms with Gasteiger partial charge in [0, 0.05) is 16.7 Å². The number of alkyl halides is 3. The van der Waals surface area contributed by atoms with Crippen molar-refractivity contribution >= 4 is 27.5 Å². The van der Waals surface area contributed by atoms with Crippen molar-refractivity contribution in [3.63, 3.8) is 0 Å². The number of esters is 1. The van der Waals surface area contributed by atoms with E-state index in [2.05, 4.69) is 0 Å². The first-order chi connectivity index (χ1) is 17.4. The van der Waals surface area contributed by atoms with E-state index < -0.39 is 23.8 Å². The summed E-state index contributed by atoms with van der Waals surface area (Å²) in [7, 11) is 1.59. The molecule has 1 atom stereocenters. The van der Waals surface area contributed by atoms with Gasteiger partial charge in [-0.1, -0.05) is 66.7 Å². The van der Waals surface area contributed by atoms with Crippen LogP contribution >= 0.6 is 0 Å². The first-order valence-corrected chi connectivity index (χ1v) is 11.4. The summed E-state index contributed by atoms with van der Waals surface area (Å²) in [6.07, 6.45) is -5.32. The molecule has 3 nitrogen and oxygen atoms in total. The van der Waals surface area contributed by atoms with E-state index >= 15 is 0 Å². The summed E-state index contributed by atoms with van der Waals surface area (Å²) in [5.74, 6) is 0.110. The third-order valence-electron chi connectivity index (χ3n) is 6.70. The van der Waals surface area contributed by atoms with E-state index in [1.54, 1.807) is 13.2 Å². The molecule has 0 bridgehead atoms. The number of methoxy groups -OCH3 is 1. The van der Waals surface area contributed by atoms with Crippen molar-refractivity contribution < 1.29 is 27.4 Å². The fourth-order valence-corrected chi connectivity index (χ4v) is 5.06. The topological polar surface area (TPSA) is 35.5 Å². The Kier molecular flexibility index (Phi) is 5.00. The lowest BCUT2D eigenvalue weighted by Gasteiger charge is -2.20. The summed E-state index contributed by atoms with van der Waals surface area (Å²) in [4.78, 5) is 13.1. The maximum atomic E-state index is 13.2. The predicted molar refractivity (Wildman–Crippen MR) is 132 cm³/mol. The first-order valence-electron chi connectivity index (χ1n) is 11.4. The number of hydrogen-bond acceptors (Lipinski definition) is 3. The number of carbonyl (C=O) groups is 1. The van der Waals surface area contributed by atoms with E-state index in [-0.39, 0.29) is 0 Å². The van der Waals surface area contributed by atoms with Gasteiger partial charge in [0.25, 0.3) is 0 Å². The molecule has 0 amide bonds. The van der Waals surface area contributed by atoms with Crippen LogP contribution in [0.5, 0.6) is 5.75 Å². The van der Waals surface area contributed by atoms with Crippen LogP contribution in [0, 0.1) is 0 Å². The number of ether oxygens (including phenoxy) is 2. The Labute approximate surface area is 204 Å². The van der Waals surface area contributed by atoms with Crippen molar-refractivity contribution in [2.24, 2.45) is 0 Å². The lowest BCUT2D eigenvalue weighted by atomic mass is 9.84. The highest BCUT2D eigenvalue weighted by atomic mass is 19.4. The standard InChI is InChI=1S/C30H19F3O3/c1-35-24-15-12-17-6-2-4-8-21(17)25(24)26-22-9-5-3-7-19(22)16-23-27(26)28(36-29(23)34)18-10-13-20(14-11-18)30(31,32)33/h2-16,28H,1H3/t28-/m1/s1. The Morgan fingerprint density at radius 1 is 0.778 bits per heavy atom. The molecule has 0 radical (unpaired) electrons. The highest BCUT2D eigenvalue weighted by molar-refractivity contribution is 6.13. The van der Waals surface area contributed by atoms with Gasteiger partial charge in [-0.25, -0.2) is 4.79 Å². The molecule has 1 aliphatic rings. The largest absolute Gasteiger partial charge is 0.496 e. The summed E-state index contributed by atoms with van der Waals surface area (Å²) in [6, 6.07) is 26.0. The van der Waals surface area contributed by atoms with Crippen LogP contribution in [0.25, 0.3) is 32.7 Å². The normalized spacial score (nSPS) is 15.2. The van der Waals surface area contributed by atoms with E-state index in [0.717, 1.165) is 44.8 Å². The van der Waals surface area contributed by atoms with Gasteiger partial charge in [0.1, 0.15) is 5.75 Å². The lowest BCUT2D eigenvalue weighted by molar-refractivity contribution is -0.137. The van der Waals surface area contributed by atoms with E-state index in [0.29, 0.717) is 22.4 Å². The third-order valence-corrected chi connectivity index (χ3v) is 6.70. The van der Waals surface area contributed by atoms with Gasteiger partial charge >= 0.3 is 12.1 Å². The second-order valence-corrected chi connectivity index (χ2v) is 8.70. The van der Waals surface area contributed by atoms with Gasteiger partial charge in [-0.2, -0.15) is 13.2 Å². The van der Waals surface area contributed by atoms with Crippen molar-refractivity contribution in [1.29, 1.82) is 0 Å². The summed E-state index contributed by atoms with van der Waals surface area (Å²) < 4.78 is 51.2. The van der Waals surface area contributed by atoms with Gasteiger partial charge in [0.15, 0.2) is 6.10 Å². The smallest absolute Gasteiger partial charge is 0.416 e. The molecule has 36 heavy (non-hydrogen) atoms. The van der Waals surface area contributed by atoms with Gasteiger partial charge in [-0.05, 0) is 51.4 Å².